The summed E-state index contributed by atoms with van der Waals surface area (Å²) in [6.07, 6.45) is -0.412. The molecule has 0 bridgehead atoms. The molecule has 0 aliphatic heterocycles. The minimum absolute atomic E-state index is 0.197. The maximum absolute atomic E-state index is 11.7. The summed E-state index contributed by atoms with van der Waals surface area (Å²) in [5.74, 6) is 0. The lowest BCUT2D eigenvalue weighted by molar-refractivity contribution is 0.0523. The summed E-state index contributed by atoms with van der Waals surface area (Å²) in [5.41, 5.74) is 1.51. The maximum atomic E-state index is 11.7. The molecule has 2 N–H and O–H groups in total. The van der Waals surface area contributed by atoms with Gasteiger partial charge in [-0.15, -0.1) is 0 Å². The van der Waals surface area contributed by atoms with Crippen LogP contribution in [0.25, 0.3) is 0 Å². The van der Waals surface area contributed by atoms with Crippen LogP contribution in [-0.4, -0.2) is 30.9 Å². The van der Waals surface area contributed by atoms with E-state index in [1.54, 1.807) is 0 Å². The molecule has 0 aliphatic rings. The van der Waals surface area contributed by atoms with Gasteiger partial charge in [-0.05, 0) is 46.2 Å². The van der Waals surface area contributed by atoms with Gasteiger partial charge in [-0.3, -0.25) is 0 Å². The van der Waals surface area contributed by atoms with Gasteiger partial charge < -0.3 is 20.1 Å². The number of amides is 1. The van der Waals surface area contributed by atoms with Gasteiger partial charge in [0.05, 0.1) is 6.61 Å². The lowest BCUT2D eigenvalue weighted by Gasteiger charge is -2.21. The van der Waals surface area contributed by atoms with E-state index in [9.17, 15) is 4.79 Å². The summed E-state index contributed by atoms with van der Waals surface area (Å²) in [5, 5.41) is 6.18. The second kappa shape index (κ2) is 8.63. The van der Waals surface area contributed by atoms with Gasteiger partial charge >= 0.3 is 6.09 Å². The zero-order valence-corrected chi connectivity index (χ0v) is 14.2. The van der Waals surface area contributed by atoms with Gasteiger partial charge in [0.2, 0.25) is 0 Å². The van der Waals surface area contributed by atoms with Crippen LogP contribution in [0.2, 0.25) is 0 Å². The number of carbonyl (C=O) groups excluding carboxylic acids is 1. The molecular weight excluding hydrogens is 280 g/mol. The van der Waals surface area contributed by atoms with E-state index >= 15 is 0 Å². The van der Waals surface area contributed by atoms with Crippen molar-refractivity contribution in [3.8, 4) is 0 Å². The van der Waals surface area contributed by atoms with Crippen LogP contribution in [0.3, 0.4) is 0 Å². The van der Waals surface area contributed by atoms with Crippen LogP contribution in [0.5, 0.6) is 0 Å². The number of hydrogen-bond acceptors (Lipinski definition) is 4. The van der Waals surface area contributed by atoms with Crippen LogP contribution in [0.1, 0.15) is 40.2 Å². The fraction of sp³-hybridized carbons (Fsp3) is 0.588. The molecule has 1 atom stereocenters. The fourth-order valence-electron chi connectivity index (χ4n) is 1.90. The van der Waals surface area contributed by atoms with Gasteiger partial charge in [0.15, 0.2) is 0 Å². The first-order valence-corrected chi connectivity index (χ1v) is 7.71. The highest BCUT2D eigenvalue weighted by Crippen LogP contribution is 2.16. The second-order valence-corrected chi connectivity index (χ2v) is 6.22. The van der Waals surface area contributed by atoms with Crippen molar-refractivity contribution in [2.24, 2.45) is 0 Å². The first kappa shape index (κ1) is 18.3. The Morgan fingerprint density at radius 2 is 1.95 bits per heavy atom. The van der Waals surface area contributed by atoms with Crippen LogP contribution in [0, 0.1) is 0 Å². The van der Waals surface area contributed by atoms with Crippen LogP contribution in [0.4, 0.5) is 10.5 Å². The normalized spacial score (nSPS) is 12.6. The van der Waals surface area contributed by atoms with Crippen LogP contribution in [0.15, 0.2) is 24.3 Å². The number of rotatable bonds is 7. The average Bonchev–Trinajstić information content (AvgIpc) is 2.42. The number of nitrogens with one attached hydrogen (secondary N) is 2. The fourth-order valence-corrected chi connectivity index (χ4v) is 1.90. The molecule has 0 saturated heterocycles. The van der Waals surface area contributed by atoms with Crippen LogP contribution >= 0.6 is 0 Å². The third kappa shape index (κ3) is 7.31. The standard InChI is InChI=1S/C17H28N2O3/c1-6-21-12-13(2)19-15-10-8-7-9-14(15)11-18-16(20)22-17(3,4)5/h7-10,13,19H,6,11-12H2,1-5H3,(H,18,20). The smallest absolute Gasteiger partial charge is 0.407 e. The Hall–Kier alpha value is -1.75. The van der Waals surface area contributed by atoms with Gasteiger partial charge in [-0.1, -0.05) is 18.2 Å². The monoisotopic (exact) mass is 308 g/mol. The van der Waals surface area contributed by atoms with Crippen molar-refractivity contribution in [1.29, 1.82) is 0 Å². The summed E-state index contributed by atoms with van der Waals surface area (Å²) in [7, 11) is 0. The third-order valence-corrected chi connectivity index (χ3v) is 2.81. The molecule has 0 fully saturated rings. The van der Waals surface area contributed by atoms with E-state index in [4.69, 9.17) is 9.47 Å². The van der Waals surface area contributed by atoms with Crippen molar-refractivity contribution in [3.63, 3.8) is 0 Å². The van der Waals surface area contributed by atoms with E-state index in [0.29, 0.717) is 19.8 Å². The summed E-state index contributed by atoms with van der Waals surface area (Å²) in [6, 6.07) is 8.08. The predicted octanol–water partition coefficient (Wildman–Crippen LogP) is 3.55. The molecule has 0 aromatic heterocycles. The molecule has 0 saturated carbocycles. The molecule has 0 radical (unpaired) electrons. The number of alkyl carbamates (subject to hydrolysis) is 1. The SMILES string of the molecule is CCOCC(C)Nc1ccccc1CNC(=O)OC(C)(C)C. The van der Waals surface area contributed by atoms with Crippen molar-refractivity contribution in [3.05, 3.63) is 29.8 Å². The summed E-state index contributed by atoms with van der Waals surface area (Å²) < 4.78 is 10.7. The number of hydrogen-bond donors (Lipinski definition) is 2. The average molecular weight is 308 g/mol. The topological polar surface area (TPSA) is 59.6 Å². The van der Waals surface area contributed by atoms with E-state index < -0.39 is 11.7 Å². The Morgan fingerprint density at radius 1 is 1.27 bits per heavy atom. The molecule has 1 aromatic carbocycles. The molecule has 124 valence electrons. The molecule has 0 spiro atoms. The highest BCUT2D eigenvalue weighted by Gasteiger charge is 2.16. The number of anilines is 1. The molecule has 0 aliphatic carbocycles. The van der Waals surface area contributed by atoms with Gasteiger partial charge in [-0.2, -0.15) is 0 Å². The third-order valence-electron chi connectivity index (χ3n) is 2.81. The Kier molecular flexibility index (Phi) is 7.18. The Balaban J connectivity index is 2.58. The zero-order chi connectivity index (χ0) is 16.6. The molecule has 1 rings (SSSR count). The highest BCUT2D eigenvalue weighted by atomic mass is 16.6. The van der Waals surface area contributed by atoms with E-state index in [2.05, 4.69) is 17.6 Å². The van der Waals surface area contributed by atoms with Crippen molar-refractivity contribution in [2.45, 2.75) is 52.8 Å². The van der Waals surface area contributed by atoms with Crippen molar-refractivity contribution in [1.82, 2.24) is 5.32 Å². The molecule has 1 unspecified atom stereocenters. The first-order valence-electron chi connectivity index (χ1n) is 7.71. The number of ether oxygens (including phenoxy) is 2. The molecular formula is C17H28N2O3. The molecule has 5 heteroatoms. The molecule has 1 aromatic rings. The summed E-state index contributed by atoms with van der Waals surface area (Å²) in [4.78, 5) is 11.7. The Morgan fingerprint density at radius 3 is 2.59 bits per heavy atom. The lowest BCUT2D eigenvalue weighted by atomic mass is 10.1. The highest BCUT2D eigenvalue weighted by molar-refractivity contribution is 5.68. The Bertz CT molecular complexity index is 469. The van der Waals surface area contributed by atoms with Crippen molar-refractivity contribution >= 4 is 11.8 Å². The zero-order valence-electron chi connectivity index (χ0n) is 14.2. The van der Waals surface area contributed by atoms with Gasteiger partial charge in [0.1, 0.15) is 5.60 Å². The largest absolute Gasteiger partial charge is 0.444 e. The molecule has 1 amide bonds. The summed E-state index contributed by atoms with van der Waals surface area (Å²) >= 11 is 0. The first-order chi connectivity index (χ1) is 10.3. The molecule has 22 heavy (non-hydrogen) atoms. The van der Waals surface area contributed by atoms with Crippen LogP contribution in [-0.2, 0) is 16.0 Å². The number of benzene rings is 1. The predicted molar refractivity (Wildman–Crippen MR) is 89.1 cm³/mol. The van der Waals surface area contributed by atoms with E-state index in [0.717, 1.165) is 11.3 Å². The van der Waals surface area contributed by atoms with Crippen molar-refractivity contribution < 1.29 is 14.3 Å². The summed E-state index contributed by atoms with van der Waals surface area (Å²) in [6.45, 7) is 11.3. The second-order valence-electron chi connectivity index (χ2n) is 6.22. The number of para-hydroxylation sites is 1. The quantitative estimate of drug-likeness (QED) is 0.809. The molecule has 5 nitrogen and oxygen atoms in total. The van der Waals surface area contributed by atoms with Gasteiger partial charge in [0.25, 0.3) is 0 Å². The maximum Gasteiger partial charge on any atom is 0.407 e. The van der Waals surface area contributed by atoms with Crippen LogP contribution < -0.4 is 10.6 Å². The van der Waals surface area contributed by atoms with E-state index in [-0.39, 0.29) is 6.04 Å². The Labute approximate surface area is 133 Å². The van der Waals surface area contributed by atoms with E-state index in [1.165, 1.54) is 0 Å². The molecule has 0 heterocycles. The van der Waals surface area contributed by atoms with E-state index in [1.807, 2.05) is 52.0 Å². The minimum Gasteiger partial charge on any atom is -0.444 e. The lowest BCUT2D eigenvalue weighted by Crippen LogP contribution is -2.32. The van der Waals surface area contributed by atoms with Gasteiger partial charge in [0, 0.05) is 24.9 Å². The number of carbonyl (C=O) groups is 1. The van der Waals surface area contributed by atoms with Crippen molar-refractivity contribution in [2.75, 3.05) is 18.5 Å². The minimum atomic E-state index is -0.492. The van der Waals surface area contributed by atoms with Gasteiger partial charge in [-0.25, -0.2) is 4.79 Å².